The van der Waals surface area contributed by atoms with E-state index in [0.29, 0.717) is 13.2 Å². The number of aliphatic hydroxyl groups excluding tert-OH is 1. The van der Waals surface area contributed by atoms with Gasteiger partial charge in [0, 0.05) is 12.7 Å². The maximum atomic E-state index is 10.7. The summed E-state index contributed by atoms with van der Waals surface area (Å²) in [5, 5.41) is 10.7. The predicted molar refractivity (Wildman–Crippen MR) is 96.7 cm³/mol. The summed E-state index contributed by atoms with van der Waals surface area (Å²) in [5.41, 5.74) is 1.94. The maximum Gasteiger partial charge on any atom is 0.186 e. The van der Waals surface area contributed by atoms with Crippen molar-refractivity contribution in [2.45, 2.75) is 43.6 Å². The molecular formula is C21H24O6. The Hall–Kier alpha value is -1.80. The van der Waals surface area contributed by atoms with Crippen molar-refractivity contribution in [2.75, 3.05) is 13.7 Å². The van der Waals surface area contributed by atoms with Crippen LogP contribution in [0.1, 0.15) is 17.4 Å². The molecule has 0 radical (unpaired) electrons. The Bertz CT molecular complexity index is 709. The summed E-state index contributed by atoms with van der Waals surface area (Å²) in [4.78, 5) is 0. The highest BCUT2D eigenvalue weighted by atomic mass is 16.8. The minimum absolute atomic E-state index is 0.335. The van der Waals surface area contributed by atoms with E-state index in [2.05, 4.69) is 0 Å². The van der Waals surface area contributed by atoms with Crippen molar-refractivity contribution in [3.8, 4) is 0 Å². The molecule has 2 aromatic rings. The van der Waals surface area contributed by atoms with Crippen LogP contribution in [0.2, 0.25) is 0 Å². The molecule has 0 aliphatic carbocycles. The lowest BCUT2D eigenvalue weighted by molar-refractivity contribution is -0.363. The molecule has 6 atom stereocenters. The van der Waals surface area contributed by atoms with Gasteiger partial charge in [-0.25, -0.2) is 0 Å². The smallest absolute Gasteiger partial charge is 0.186 e. The van der Waals surface area contributed by atoms with Crippen molar-refractivity contribution in [3.05, 3.63) is 71.8 Å². The Balaban J connectivity index is 1.51. The lowest BCUT2D eigenvalue weighted by atomic mass is 9.97. The van der Waals surface area contributed by atoms with Gasteiger partial charge in [0.25, 0.3) is 0 Å². The molecule has 0 saturated carbocycles. The molecule has 2 aromatic carbocycles. The SMILES string of the molecule is CO[C@H]1O[C@@H]2CO[C@@H](c3ccccc3)O[C@H]2[C@H](OCc2ccccc2)[C@H]1O. The fraction of sp³-hybridized carbons (Fsp3) is 0.429. The lowest BCUT2D eigenvalue weighted by Gasteiger charge is -2.47. The topological polar surface area (TPSA) is 66.4 Å². The lowest BCUT2D eigenvalue weighted by Crippen LogP contribution is -2.62. The number of aliphatic hydroxyl groups is 1. The van der Waals surface area contributed by atoms with E-state index >= 15 is 0 Å². The molecule has 2 aliphatic heterocycles. The second-order valence-electron chi connectivity index (χ2n) is 6.71. The number of hydrogen-bond donors (Lipinski definition) is 1. The summed E-state index contributed by atoms with van der Waals surface area (Å²) in [6, 6.07) is 19.5. The number of benzene rings is 2. The summed E-state index contributed by atoms with van der Waals surface area (Å²) in [6.45, 7) is 0.699. The van der Waals surface area contributed by atoms with E-state index in [9.17, 15) is 5.11 Å². The van der Waals surface area contributed by atoms with Gasteiger partial charge in [-0.2, -0.15) is 0 Å². The third kappa shape index (κ3) is 4.06. The van der Waals surface area contributed by atoms with Gasteiger partial charge < -0.3 is 28.8 Å². The van der Waals surface area contributed by atoms with Crippen LogP contribution >= 0.6 is 0 Å². The molecule has 0 amide bonds. The molecule has 0 unspecified atom stereocenters. The van der Waals surface area contributed by atoms with Gasteiger partial charge in [-0.1, -0.05) is 60.7 Å². The van der Waals surface area contributed by atoms with Gasteiger partial charge in [0.1, 0.15) is 24.4 Å². The van der Waals surface area contributed by atoms with Crippen molar-refractivity contribution < 1.29 is 28.8 Å². The first-order valence-electron chi connectivity index (χ1n) is 9.10. The summed E-state index contributed by atoms with van der Waals surface area (Å²) in [5.74, 6) is 0. The van der Waals surface area contributed by atoms with Gasteiger partial charge in [-0.15, -0.1) is 0 Å². The summed E-state index contributed by atoms with van der Waals surface area (Å²) < 4.78 is 29.2. The van der Waals surface area contributed by atoms with Crippen LogP contribution in [0.15, 0.2) is 60.7 Å². The van der Waals surface area contributed by atoms with Crippen molar-refractivity contribution in [3.63, 3.8) is 0 Å². The molecule has 0 aromatic heterocycles. The molecule has 0 bridgehead atoms. The minimum atomic E-state index is -0.963. The fourth-order valence-corrected chi connectivity index (χ4v) is 3.49. The Morgan fingerprint density at radius 3 is 2.41 bits per heavy atom. The average Bonchev–Trinajstić information content (AvgIpc) is 2.74. The number of ether oxygens (including phenoxy) is 5. The Labute approximate surface area is 158 Å². The molecule has 0 spiro atoms. The van der Waals surface area contributed by atoms with E-state index in [4.69, 9.17) is 23.7 Å². The monoisotopic (exact) mass is 372 g/mol. The van der Waals surface area contributed by atoms with Crippen molar-refractivity contribution >= 4 is 0 Å². The fourth-order valence-electron chi connectivity index (χ4n) is 3.49. The van der Waals surface area contributed by atoms with Gasteiger partial charge in [-0.05, 0) is 5.56 Å². The minimum Gasteiger partial charge on any atom is -0.385 e. The van der Waals surface area contributed by atoms with Crippen LogP contribution in [0.5, 0.6) is 0 Å². The molecule has 6 heteroatoms. The summed E-state index contributed by atoms with van der Waals surface area (Å²) in [6.07, 6.45) is -3.70. The van der Waals surface area contributed by atoms with E-state index < -0.39 is 30.9 Å². The molecule has 27 heavy (non-hydrogen) atoms. The van der Waals surface area contributed by atoms with Crippen LogP contribution in [0, 0.1) is 0 Å². The zero-order valence-electron chi connectivity index (χ0n) is 15.1. The van der Waals surface area contributed by atoms with Gasteiger partial charge in [0.15, 0.2) is 12.6 Å². The molecule has 4 rings (SSSR count). The number of hydrogen-bond acceptors (Lipinski definition) is 6. The quantitative estimate of drug-likeness (QED) is 0.870. The standard InChI is InChI=1S/C21H24O6/c1-23-21-17(22)19(24-12-14-8-4-2-5-9-14)18-16(26-21)13-25-20(27-18)15-10-6-3-7-11-15/h2-11,16-22H,12-13H2,1H3/t16-,17-,18-,19-,20-,21+/m1/s1. The predicted octanol–water partition coefficient (Wildman–Crippen LogP) is 2.42. The first-order chi connectivity index (χ1) is 13.3. The van der Waals surface area contributed by atoms with E-state index in [-0.39, 0.29) is 6.10 Å². The Morgan fingerprint density at radius 2 is 1.70 bits per heavy atom. The summed E-state index contributed by atoms with van der Waals surface area (Å²) in [7, 11) is 1.50. The van der Waals surface area contributed by atoms with Crippen LogP contribution in [0.3, 0.4) is 0 Å². The van der Waals surface area contributed by atoms with Gasteiger partial charge in [-0.3, -0.25) is 0 Å². The molecule has 2 fully saturated rings. The third-order valence-electron chi connectivity index (χ3n) is 4.90. The highest BCUT2D eigenvalue weighted by Crippen LogP contribution is 2.35. The first-order valence-corrected chi connectivity index (χ1v) is 9.10. The van der Waals surface area contributed by atoms with Crippen molar-refractivity contribution in [2.24, 2.45) is 0 Å². The van der Waals surface area contributed by atoms with Gasteiger partial charge >= 0.3 is 0 Å². The van der Waals surface area contributed by atoms with E-state index in [0.717, 1.165) is 11.1 Å². The molecule has 1 N–H and O–H groups in total. The van der Waals surface area contributed by atoms with Gasteiger partial charge in [0.05, 0.1) is 13.2 Å². The average molecular weight is 372 g/mol. The van der Waals surface area contributed by atoms with Crippen LogP contribution in [-0.4, -0.2) is 49.5 Å². The zero-order valence-corrected chi connectivity index (χ0v) is 15.1. The molecule has 2 aliphatic rings. The molecule has 144 valence electrons. The zero-order chi connectivity index (χ0) is 18.6. The van der Waals surface area contributed by atoms with Crippen LogP contribution in [0.25, 0.3) is 0 Å². The van der Waals surface area contributed by atoms with E-state index in [1.165, 1.54) is 7.11 Å². The molecule has 2 heterocycles. The number of rotatable bonds is 5. The van der Waals surface area contributed by atoms with Gasteiger partial charge in [0.2, 0.25) is 0 Å². The Morgan fingerprint density at radius 1 is 1.00 bits per heavy atom. The molecule has 6 nitrogen and oxygen atoms in total. The molecular weight excluding hydrogens is 348 g/mol. The first kappa shape index (κ1) is 18.6. The second-order valence-corrected chi connectivity index (χ2v) is 6.71. The van der Waals surface area contributed by atoms with Crippen LogP contribution in [0.4, 0.5) is 0 Å². The van der Waals surface area contributed by atoms with Crippen LogP contribution in [-0.2, 0) is 30.3 Å². The highest BCUT2D eigenvalue weighted by Gasteiger charge is 2.50. The number of methoxy groups -OCH3 is 1. The maximum absolute atomic E-state index is 10.7. The van der Waals surface area contributed by atoms with E-state index in [1.807, 2.05) is 60.7 Å². The third-order valence-corrected chi connectivity index (χ3v) is 4.90. The second kappa shape index (κ2) is 8.48. The largest absolute Gasteiger partial charge is 0.385 e. The Kier molecular flexibility index (Phi) is 5.83. The van der Waals surface area contributed by atoms with Crippen molar-refractivity contribution in [1.82, 2.24) is 0 Å². The molecule has 2 saturated heterocycles. The van der Waals surface area contributed by atoms with Crippen molar-refractivity contribution in [1.29, 1.82) is 0 Å². The highest BCUT2D eigenvalue weighted by molar-refractivity contribution is 5.17. The summed E-state index contributed by atoms with van der Waals surface area (Å²) >= 11 is 0. The normalized spacial score (nSPS) is 33.4. The number of fused-ring (bicyclic) bond motifs is 1. The van der Waals surface area contributed by atoms with Crippen LogP contribution < -0.4 is 0 Å². The van der Waals surface area contributed by atoms with E-state index in [1.54, 1.807) is 0 Å².